The first kappa shape index (κ1) is 33.4. The van der Waals surface area contributed by atoms with Gasteiger partial charge in [-0.05, 0) is 110 Å². The first-order valence-corrected chi connectivity index (χ1v) is 16.9. The number of carbonyl (C=O) groups is 2. The van der Waals surface area contributed by atoms with E-state index in [9.17, 15) is 9.59 Å². The minimum absolute atomic E-state index is 0.00275. The zero-order chi connectivity index (χ0) is 32.2. The summed E-state index contributed by atoms with van der Waals surface area (Å²) in [6.07, 6.45) is 17.2. The average molecular weight is 700 g/mol. The van der Waals surface area contributed by atoms with Crippen molar-refractivity contribution in [3.05, 3.63) is 75.3 Å². The van der Waals surface area contributed by atoms with E-state index in [1.807, 2.05) is 51.6 Å². The fourth-order valence-corrected chi connectivity index (χ4v) is 7.31. The van der Waals surface area contributed by atoms with E-state index in [0.29, 0.717) is 24.7 Å². The molecule has 2 aromatic rings. The summed E-state index contributed by atoms with van der Waals surface area (Å²) < 4.78 is 8.79. The van der Waals surface area contributed by atoms with Crippen molar-refractivity contribution in [1.29, 1.82) is 0 Å². The van der Waals surface area contributed by atoms with Crippen LogP contribution in [-0.4, -0.2) is 82.4 Å². The maximum Gasteiger partial charge on any atom is 0.410 e. The van der Waals surface area contributed by atoms with E-state index in [1.165, 1.54) is 6.42 Å². The van der Waals surface area contributed by atoms with Gasteiger partial charge in [-0.3, -0.25) is 14.7 Å². The number of fused-ring (bicyclic) bond motifs is 1. The van der Waals surface area contributed by atoms with Crippen LogP contribution in [0.2, 0.25) is 5.02 Å². The van der Waals surface area contributed by atoms with Gasteiger partial charge in [0.25, 0.3) is 0 Å². The number of hydrogen-bond acceptors (Lipinski definition) is 6. The van der Waals surface area contributed by atoms with Crippen LogP contribution in [0.15, 0.2) is 64.1 Å². The average Bonchev–Trinajstić information content (AvgIpc) is 3.44. The van der Waals surface area contributed by atoms with Gasteiger partial charge in [-0.2, -0.15) is 0 Å². The standard InChI is InChI=1S/C34H44BrClN6O3/c1-33(2,3)45-32(44)40-16-17-42(30(22-40)31(43)39-13-12-34(10-5-11-34)41-15-14-38-23-41)29-19-24(18-26(35)21-37-4)6-7-25-20-27(36)8-9-28(25)29/h8-9,14-15,18-21,23,29-30H,5-7,10-13,16-17,22H2,1-4H3,(H,39,43)/b26-18+,37-21?/t29-,30+/m0/s1. The molecule has 1 aromatic heterocycles. The van der Waals surface area contributed by atoms with Gasteiger partial charge in [-0.15, -0.1) is 0 Å². The molecule has 1 aliphatic heterocycles. The van der Waals surface area contributed by atoms with Crippen molar-refractivity contribution in [3.63, 3.8) is 0 Å². The number of nitrogens with zero attached hydrogens (tertiary/aromatic N) is 5. The van der Waals surface area contributed by atoms with Crippen LogP contribution in [0.5, 0.6) is 0 Å². The molecule has 45 heavy (non-hydrogen) atoms. The van der Waals surface area contributed by atoms with E-state index >= 15 is 0 Å². The van der Waals surface area contributed by atoms with Crippen molar-refractivity contribution in [2.75, 3.05) is 33.2 Å². The topological polar surface area (TPSA) is 92.1 Å². The number of benzene rings is 1. The maximum atomic E-state index is 14.2. The Morgan fingerprint density at radius 2 is 2.04 bits per heavy atom. The summed E-state index contributed by atoms with van der Waals surface area (Å²) in [6.45, 7) is 7.31. The predicted octanol–water partition coefficient (Wildman–Crippen LogP) is 6.44. The van der Waals surface area contributed by atoms with Crippen LogP contribution in [0, 0.1) is 0 Å². The molecule has 11 heteroatoms. The fraction of sp³-hybridized carbons (Fsp3) is 0.529. The van der Waals surface area contributed by atoms with Gasteiger partial charge in [0.1, 0.15) is 11.6 Å². The molecule has 2 atom stereocenters. The molecule has 3 aliphatic rings. The molecular formula is C34H44BrClN6O3. The minimum atomic E-state index is -0.630. The number of aliphatic imine (C=N–C) groups is 1. The van der Waals surface area contributed by atoms with Crippen LogP contribution in [0.4, 0.5) is 4.79 Å². The highest BCUT2D eigenvalue weighted by molar-refractivity contribution is 9.12. The van der Waals surface area contributed by atoms with E-state index in [4.69, 9.17) is 16.3 Å². The minimum Gasteiger partial charge on any atom is -0.444 e. The maximum absolute atomic E-state index is 14.2. The number of amides is 2. The quantitative estimate of drug-likeness (QED) is 0.321. The number of halogens is 2. The van der Waals surface area contributed by atoms with Crippen molar-refractivity contribution >= 4 is 45.7 Å². The van der Waals surface area contributed by atoms with Crippen LogP contribution in [0.25, 0.3) is 0 Å². The van der Waals surface area contributed by atoms with Gasteiger partial charge in [0.2, 0.25) is 5.91 Å². The smallest absolute Gasteiger partial charge is 0.410 e. The summed E-state index contributed by atoms with van der Waals surface area (Å²) in [5, 5.41) is 3.94. The summed E-state index contributed by atoms with van der Waals surface area (Å²) in [5.41, 5.74) is 2.79. The van der Waals surface area contributed by atoms with E-state index < -0.39 is 17.7 Å². The third-order valence-electron chi connectivity index (χ3n) is 9.01. The van der Waals surface area contributed by atoms with Gasteiger partial charge in [-0.25, -0.2) is 9.78 Å². The number of carbonyl (C=O) groups excluding carboxylic acids is 2. The molecule has 242 valence electrons. The molecule has 5 rings (SSSR count). The van der Waals surface area contributed by atoms with Gasteiger partial charge in [-0.1, -0.05) is 23.7 Å². The van der Waals surface area contributed by atoms with Gasteiger partial charge >= 0.3 is 6.09 Å². The number of rotatable bonds is 8. The number of hydrogen-bond donors (Lipinski definition) is 1. The number of allylic oxidation sites excluding steroid dienone is 3. The highest BCUT2D eigenvalue weighted by atomic mass is 79.9. The lowest BCUT2D eigenvalue weighted by atomic mass is 9.74. The number of ether oxygens (including phenoxy) is 1. The van der Waals surface area contributed by atoms with E-state index in [1.54, 1.807) is 18.2 Å². The Hall–Kier alpha value is -2.95. The molecule has 0 bridgehead atoms. The lowest BCUT2D eigenvalue weighted by Crippen LogP contribution is -2.61. The first-order valence-electron chi connectivity index (χ1n) is 15.8. The third kappa shape index (κ3) is 8.07. The van der Waals surface area contributed by atoms with Crippen LogP contribution >= 0.6 is 27.5 Å². The number of imidazole rings is 1. The normalized spacial score (nSPS) is 22.3. The van der Waals surface area contributed by atoms with Gasteiger partial charge < -0.3 is 19.5 Å². The lowest BCUT2D eigenvalue weighted by molar-refractivity contribution is -0.129. The van der Waals surface area contributed by atoms with E-state index in [-0.39, 0.29) is 24.0 Å². The molecule has 2 aliphatic carbocycles. The molecule has 2 fully saturated rings. The number of aromatic nitrogens is 2. The van der Waals surface area contributed by atoms with Crippen LogP contribution in [0.3, 0.4) is 0 Å². The summed E-state index contributed by atoms with van der Waals surface area (Å²) in [6, 6.07) is 5.26. The highest BCUT2D eigenvalue weighted by Crippen LogP contribution is 2.42. The van der Waals surface area contributed by atoms with Gasteiger partial charge in [0, 0.05) is 66.9 Å². The monoisotopic (exact) mass is 698 g/mol. The third-order valence-corrected chi connectivity index (χ3v) is 9.68. The molecule has 2 heterocycles. The van der Waals surface area contributed by atoms with Crippen molar-refractivity contribution < 1.29 is 14.3 Å². The first-order chi connectivity index (χ1) is 21.5. The SMILES string of the molecule is CN=C/C(Br)=C\C1=C[C@H](N2CCN(C(=O)OC(C)(C)C)C[C@@H]2C(=O)NCCC2(n3ccnc3)CCC2)c2ccc(Cl)cc2CC1. The fourth-order valence-electron chi connectivity index (χ4n) is 6.62. The molecule has 1 saturated carbocycles. The summed E-state index contributed by atoms with van der Waals surface area (Å²) in [4.78, 5) is 39.7. The Morgan fingerprint density at radius 3 is 2.71 bits per heavy atom. The Morgan fingerprint density at radius 1 is 1.24 bits per heavy atom. The molecule has 0 unspecified atom stereocenters. The molecule has 0 spiro atoms. The second-order valence-electron chi connectivity index (χ2n) is 13.2. The molecular weight excluding hydrogens is 656 g/mol. The highest BCUT2D eigenvalue weighted by Gasteiger charge is 2.41. The Balaban J connectivity index is 1.44. The zero-order valence-electron chi connectivity index (χ0n) is 26.6. The van der Waals surface area contributed by atoms with E-state index in [2.05, 4.69) is 58.9 Å². The largest absolute Gasteiger partial charge is 0.444 e. The van der Waals surface area contributed by atoms with Crippen molar-refractivity contribution in [2.24, 2.45) is 4.99 Å². The van der Waals surface area contributed by atoms with Crippen molar-refractivity contribution in [3.8, 4) is 0 Å². The van der Waals surface area contributed by atoms with Gasteiger partial charge in [0.05, 0.1) is 12.4 Å². The molecule has 1 N–H and O–H groups in total. The molecule has 1 saturated heterocycles. The Bertz CT molecular complexity index is 1460. The van der Waals surface area contributed by atoms with E-state index in [0.717, 1.165) is 53.3 Å². The Labute approximate surface area is 279 Å². The summed E-state index contributed by atoms with van der Waals surface area (Å²) >= 11 is 10.1. The van der Waals surface area contributed by atoms with Crippen LogP contribution in [0.1, 0.15) is 70.0 Å². The molecule has 2 amide bonds. The second-order valence-corrected chi connectivity index (χ2v) is 14.6. The number of piperazine rings is 1. The lowest BCUT2D eigenvalue weighted by Gasteiger charge is -2.45. The van der Waals surface area contributed by atoms with Crippen LogP contribution < -0.4 is 5.32 Å². The van der Waals surface area contributed by atoms with Crippen LogP contribution in [-0.2, 0) is 21.5 Å². The molecule has 9 nitrogen and oxygen atoms in total. The van der Waals surface area contributed by atoms with Crippen molar-refractivity contribution in [1.82, 2.24) is 24.7 Å². The number of nitrogens with one attached hydrogen (secondary N) is 1. The predicted molar refractivity (Wildman–Crippen MR) is 182 cm³/mol. The van der Waals surface area contributed by atoms with Crippen molar-refractivity contribution in [2.45, 2.75) is 82.5 Å². The second kappa shape index (κ2) is 14.2. The Kier molecular flexibility index (Phi) is 10.6. The summed E-state index contributed by atoms with van der Waals surface area (Å²) in [7, 11) is 1.74. The van der Waals surface area contributed by atoms with Gasteiger partial charge in [0.15, 0.2) is 0 Å². The molecule has 1 aromatic carbocycles. The number of aryl methyl sites for hydroxylation is 1. The molecule has 0 radical (unpaired) electrons. The zero-order valence-corrected chi connectivity index (χ0v) is 29.0. The summed E-state index contributed by atoms with van der Waals surface area (Å²) in [5.74, 6) is -0.0899.